The summed E-state index contributed by atoms with van der Waals surface area (Å²) in [5, 5.41) is 1.22. The Morgan fingerprint density at radius 3 is 2.64 bits per heavy atom. The van der Waals surface area contributed by atoms with Crippen LogP contribution < -0.4 is 11.5 Å². The van der Waals surface area contributed by atoms with Crippen molar-refractivity contribution < 1.29 is 0 Å². The van der Waals surface area contributed by atoms with Crippen LogP contribution in [-0.2, 0) is 0 Å². The van der Waals surface area contributed by atoms with Crippen molar-refractivity contribution in [3.8, 4) is 0 Å². The molecule has 2 unspecified atom stereocenters. The molecule has 114 valence electrons. The number of nitrogens with two attached hydrogens (primary N) is 2. The fraction of sp³-hybridized carbons (Fsp3) is 0.278. The molecule has 0 radical (unpaired) electrons. The zero-order chi connectivity index (χ0) is 15.4. The second-order valence-electron chi connectivity index (χ2n) is 5.58. The van der Waals surface area contributed by atoms with Gasteiger partial charge in [0.25, 0.3) is 0 Å². The van der Waals surface area contributed by atoms with Crippen molar-refractivity contribution in [1.82, 2.24) is 9.55 Å². The van der Waals surface area contributed by atoms with Gasteiger partial charge in [0.2, 0.25) is 0 Å². The van der Waals surface area contributed by atoms with Gasteiger partial charge in [-0.3, -0.25) is 4.98 Å². The van der Waals surface area contributed by atoms with E-state index in [1.165, 1.54) is 10.9 Å². The third-order valence-electron chi connectivity index (χ3n) is 4.07. The predicted octanol–water partition coefficient (Wildman–Crippen LogP) is 2.69. The van der Waals surface area contributed by atoms with Crippen molar-refractivity contribution in [3.63, 3.8) is 0 Å². The highest BCUT2D eigenvalue weighted by atomic mass is 15.0. The molecule has 2 aromatic heterocycles. The quantitative estimate of drug-likeness (QED) is 0.734. The lowest BCUT2D eigenvalue weighted by Crippen LogP contribution is -2.34. The van der Waals surface area contributed by atoms with Gasteiger partial charge in [-0.2, -0.15) is 0 Å². The minimum absolute atomic E-state index is 0.0192. The lowest BCUT2D eigenvalue weighted by Gasteiger charge is -2.26. The Morgan fingerprint density at radius 1 is 1.05 bits per heavy atom. The highest BCUT2D eigenvalue weighted by molar-refractivity contribution is 5.80. The first-order valence-corrected chi connectivity index (χ1v) is 7.73. The third kappa shape index (κ3) is 2.89. The fourth-order valence-electron chi connectivity index (χ4n) is 2.98. The van der Waals surface area contributed by atoms with E-state index in [2.05, 4.69) is 46.1 Å². The normalized spacial score (nSPS) is 14.1. The van der Waals surface area contributed by atoms with Crippen molar-refractivity contribution >= 4 is 10.9 Å². The van der Waals surface area contributed by atoms with Crippen LogP contribution in [0.15, 0.2) is 60.9 Å². The molecule has 4 heteroatoms. The second kappa shape index (κ2) is 6.73. The van der Waals surface area contributed by atoms with E-state index in [-0.39, 0.29) is 12.1 Å². The van der Waals surface area contributed by atoms with E-state index in [4.69, 9.17) is 11.5 Å². The maximum atomic E-state index is 6.50. The van der Waals surface area contributed by atoms with E-state index in [1.807, 2.05) is 24.4 Å². The summed E-state index contributed by atoms with van der Waals surface area (Å²) in [6, 6.07) is 16.5. The van der Waals surface area contributed by atoms with Gasteiger partial charge in [-0.1, -0.05) is 24.3 Å². The molecular formula is C18H22N4. The first-order chi connectivity index (χ1) is 10.8. The molecule has 1 aromatic carbocycles. The molecule has 3 rings (SSSR count). The van der Waals surface area contributed by atoms with E-state index in [0.29, 0.717) is 6.54 Å². The molecule has 0 spiro atoms. The molecule has 0 fully saturated rings. The van der Waals surface area contributed by atoms with Crippen molar-refractivity contribution in [1.29, 1.82) is 0 Å². The minimum atomic E-state index is -0.0192. The Bertz CT molecular complexity index is 720. The van der Waals surface area contributed by atoms with Crippen molar-refractivity contribution in [2.45, 2.75) is 24.9 Å². The van der Waals surface area contributed by atoms with Gasteiger partial charge in [-0.25, -0.2) is 0 Å². The van der Waals surface area contributed by atoms with Crippen LogP contribution in [0, 0.1) is 0 Å². The van der Waals surface area contributed by atoms with E-state index in [0.717, 1.165) is 18.5 Å². The Kier molecular flexibility index (Phi) is 4.51. The zero-order valence-corrected chi connectivity index (χ0v) is 12.6. The van der Waals surface area contributed by atoms with E-state index in [1.54, 1.807) is 0 Å². The number of fused-ring (bicyclic) bond motifs is 1. The summed E-state index contributed by atoms with van der Waals surface area (Å²) in [5.41, 5.74) is 14.3. The Morgan fingerprint density at radius 2 is 1.86 bits per heavy atom. The van der Waals surface area contributed by atoms with Crippen LogP contribution in [0.25, 0.3) is 10.9 Å². The molecule has 4 N–H and O–H groups in total. The molecule has 2 heterocycles. The standard InChI is InChI=1S/C18H22N4/c19-11-5-7-15(20)18(16-8-3-4-12-21-16)22-13-10-14-6-1-2-9-17(14)22/h1-4,6,8-10,12-13,15,18H,5,7,11,19-20H2. The number of nitrogens with zero attached hydrogens (tertiary/aromatic N) is 2. The van der Waals surface area contributed by atoms with Crippen molar-refractivity contribution in [2.75, 3.05) is 6.54 Å². The van der Waals surface area contributed by atoms with Gasteiger partial charge < -0.3 is 16.0 Å². The number of pyridine rings is 1. The van der Waals surface area contributed by atoms with Gasteiger partial charge in [-0.15, -0.1) is 0 Å². The zero-order valence-electron chi connectivity index (χ0n) is 12.6. The van der Waals surface area contributed by atoms with Crippen LogP contribution in [0.4, 0.5) is 0 Å². The van der Waals surface area contributed by atoms with Gasteiger partial charge in [0.05, 0.1) is 11.7 Å². The molecule has 2 atom stereocenters. The SMILES string of the molecule is NCCCC(N)C(c1ccccn1)n1ccc2ccccc21. The lowest BCUT2D eigenvalue weighted by atomic mass is 9.99. The topological polar surface area (TPSA) is 69.9 Å². The van der Waals surface area contributed by atoms with Crippen LogP contribution in [-0.4, -0.2) is 22.1 Å². The Hall–Kier alpha value is -2.17. The fourth-order valence-corrected chi connectivity index (χ4v) is 2.98. The van der Waals surface area contributed by atoms with Gasteiger partial charge in [-0.05, 0) is 49.0 Å². The average molecular weight is 294 g/mol. The average Bonchev–Trinajstić information content (AvgIpc) is 2.98. The number of hydrogen-bond donors (Lipinski definition) is 2. The van der Waals surface area contributed by atoms with E-state index >= 15 is 0 Å². The van der Waals surface area contributed by atoms with Crippen molar-refractivity contribution in [3.05, 3.63) is 66.6 Å². The lowest BCUT2D eigenvalue weighted by molar-refractivity contribution is 0.439. The van der Waals surface area contributed by atoms with E-state index < -0.39 is 0 Å². The molecule has 0 aliphatic carbocycles. The largest absolute Gasteiger partial charge is 0.337 e. The van der Waals surface area contributed by atoms with Crippen LogP contribution in [0.1, 0.15) is 24.6 Å². The summed E-state index contributed by atoms with van der Waals surface area (Å²) < 4.78 is 2.23. The molecule has 4 nitrogen and oxygen atoms in total. The first-order valence-electron chi connectivity index (χ1n) is 7.73. The highest BCUT2D eigenvalue weighted by Gasteiger charge is 2.23. The number of hydrogen-bond acceptors (Lipinski definition) is 3. The predicted molar refractivity (Wildman–Crippen MR) is 90.6 cm³/mol. The van der Waals surface area contributed by atoms with Crippen LogP contribution in [0.5, 0.6) is 0 Å². The Balaban J connectivity index is 2.05. The molecule has 0 saturated carbocycles. The Labute approximate surface area is 130 Å². The summed E-state index contributed by atoms with van der Waals surface area (Å²) in [4.78, 5) is 4.54. The molecule has 0 aliphatic rings. The molecule has 0 bridgehead atoms. The molecule has 22 heavy (non-hydrogen) atoms. The number of rotatable bonds is 6. The number of benzene rings is 1. The smallest absolute Gasteiger partial charge is 0.0907 e. The van der Waals surface area contributed by atoms with Gasteiger partial charge in [0.15, 0.2) is 0 Å². The molecule has 0 aliphatic heterocycles. The summed E-state index contributed by atoms with van der Waals surface area (Å²) in [6.07, 6.45) is 5.73. The molecule has 0 saturated heterocycles. The minimum Gasteiger partial charge on any atom is -0.337 e. The first kappa shape index (κ1) is 14.8. The summed E-state index contributed by atoms with van der Waals surface area (Å²) in [6.45, 7) is 0.662. The van der Waals surface area contributed by atoms with Crippen LogP contribution >= 0.6 is 0 Å². The summed E-state index contributed by atoms with van der Waals surface area (Å²) in [7, 11) is 0. The molecule has 3 aromatic rings. The number of para-hydroxylation sites is 1. The van der Waals surface area contributed by atoms with Gasteiger partial charge in [0, 0.05) is 24.0 Å². The van der Waals surface area contributed by atoms with E-state index in [9.17, 15) is 0 Å². The van der Waals surface area contributed by atoms with Crippen molar-refractivity contribution in [2.24, 2.45) is 11.5 Å². The molecular weight excluding hydrogens is 272 g/mol. The highest BCUT2D eigenvalue weighted by Crippen LogP contribution is 2.27. The van der Waals surface area contributed by atoms with Crippen LogP contribution in [0.3, 0.4) is 0 Å². The third-order valence-corrected chi connectivity index (χ3v) is 4.07. The van der Waals surface area contributed by atoms with Gasteiger partial charge in [0.1, 0.15) is 0 Å². The maximum Gasteiger partial charge on any atom is 0.0907 e. The maximum absolute atomic E-state index is 6.50. The number of aromatic nitrogens is 2. The van der Waals surface area contributed by atoms with Gasteiger partial charge >= 0.3 is 0 Å². The summed E-state index contributed by atoms with van der Waals surface area (Å²) in [5.74, 6) is 0. The monoisotopic (exact) mass is 294 g/mol. The van der Waals surface area contributed by atoms with Crippen LogP contribution in [0.2, 0.25) is 0 Å². The molecule has 0 amide bonds. The second-order valence-corrected chi connectivity index (χ2v) is 5.58. The summed E-state index contributed by atoms with van der Waals surface area (Å²) >= 11 is 0.